The van der Waals surface area contributed by atoms with E-state index in [1.165, 1.54) is 12.8 Å². The Morgan fingerprint density at radius 1 is 1.26 bits per heavy atom. The van der Waals surface area contributed by atoms with Crippen molar-refractivity contribution in [2.24, 2.45) is 5.92 Å². The summed E-state index contributed by atoms with van der Waals surface area (Å²) in [5.74, 6) is 0.922. The number of nitrogens with zero attached hydrogens (tertiary/aromatic N) is 2. The summed E-state index contributed by atoms with van der Waals surface area (Å²) in [5.41, 5.74) is 0.574. The van der Waals surface area contributed by atoms with Crippen molar-refractivity contribution in [3.63, 3.8) is 0 Å². The van der Waals surface area contributed by atoms with Gasteiger partial charge in [-0.05, 0) is 50.0 Å². The maximum absolute atomic E-state index is 12.4. The summed E-state index contributed by atoms with van der Waals surface area (Å²) in [6, 6.07) is 6.62. The number of carbonyl (C=O) groups excluding carboxylic acids is 1. The van der Waals surface area contributed by atoms with Gasteiger partial charge >= 0.3 is 0 Å². The molecule has 128 valence electrons. The highest BCUT2D eigenvalue weighted by atomic mass is 35.5. The van der Waals surface area contributed by atoms with Gasteiger partial charge in [0.1, 0.15) is 5.75 Å². The predicted molar refractivity (Wildman–Crippen MR) is 93.3 cm³/mol. The van der Waals surface area contributed by atoms with Gasteiger partial charge in [-0.25, -0.2) is 0 Å². The number of aromatic hydroxyl groups is 1. The number of phenols is 1. The van der Waals surface area contributed by atoms with Crippen molar-refractivity contribution in [1.82, 2.24) is 15.1 Å². The topological polar surface area (TPSA) is 55.8 Å². The second-order valence-corrected chi connectivity index (χ2v) is 6.36. The van der Waals surface area contributed by atoms with Gasteiger partial charge in [0, 0.05) is 38.3 Å². The number of halogens is 1. The van der Waals surface area contributed by atoms with Gasteiger partial charge in [-0.2, -0.15) is 0 Å². The van der Waals surface area contributed by atoms with Crippen LogP contribution in [0.15, 0.2) is 24.3 Å². The van der Waals surface area contributed by atoms with Gasteiger partial charge in [-0.3, -0.25) is 9.69 Å². The monoisotopic (exact) mass is 339 g/mol. The molecule has 2 fully saturated rings. The standard InChI is InChI=1S/C17H25N3O2.ClH/c21-16-5-1-4-15(11-16)17(22)20-9-7-19(8-10-20)13-14-3-2-6-18-12-14;/h1,4-5,11,14,18,21H,2-3,6-10,12-13H2;1H. The predicted octanol–water partition coefficient (Wildman–Crippen LogP) is 1.57. The molecule has 2 saturated heterocycles. The number of phenolic OH excluding ortho intramolecular Hbond substituents is 1. The maximum atomic E-state index is 12.4. The Morgan fingerprint density at radius 3 is 2.70 bits per heavy atom. The molecule has 0 bridgehead atoms. The largest absolute Gasteiger partial charge is 0.508 e. The molecule has 1 amide bonds. The lowest BCUT2D eigenvalue weighted by atomic mass is 9.99. The van der Waals surface area contributed by atoms with E-state index in [4.69, 9.17) is 0 Å². The Hall–Kier alpha value is -1.30. The Bertz CT molecular complexity index is 512. The van der Waals surface area contributed by atoms with Crippen LogP contribution in [0.5, 0.6) is 5.75 Å². The highest BCUT2D eigenvalue weighted by Crippen LogP contribution is 2.16. The molecular formula is C17H26ClN3O2. The van der Waals surface area contributed by atoms with Crippen molar-refractivity contribution in [3.8, 4) is 5.75 Å². The third-order valence-corrected chi connectivity index (χ3v) is 4.67. The molecule has 0 spiro atoms. The highest BCUT2D eigenvalue weighted by molar-refractivity contribution is 5.94. The van der Waals surface area contributed by atoms with E-state index in [2.05, 4.69) is 10.2 Å². The zero-order valence-corrected chi connectivity index (χ0v) is 14.2. The zero-order valence-electron chi connectivity index (χ0n) is 13.4. The van der Waals surface area contributed by atoms with Crippen molar-refractivity contribution >= 4 is 18.3 Å². The smallest absolute Gasteiger partial charge is 0.254 e. The molecule has 23 heavy (non-hydrogen) atoms. The minimum absolute atomic E-state index is 0. The number of benzene rings is 1. The molecule has 2 heterocycles. The van der Waals surface area contributed by atoms with Crippen LogP contribution >= 0.6 is 12.4 Å². The van der Waals surface area contributed by atoms with Gasteiger partial charge in [0.05, 0.1) is 0 Å². The number of nitrogens with one attached hydrogen (secondary N) is 1. The Morgan fingerprint density at radius 2 is 2.04 bits per heavy atom. The molecule has 2 aliphatic heterocycles. The van der Waals surface area contributed by atoms with E-state index in [-0.39, 0.29) is 24.1 Å². The maximum Gasteiger partial charge on any atom is 0.254 e. The molecule has 2 aliphatic rings. The molecule has 1 unspecified atom stereocenters. The van der Waals surface area contributed by atoms with Crippen LogP contribution in [0.4, 0.5) is 0 Å². The molecule has 3 rings (SSSR count). The van der Waals surface area contributed by atoms with Crippen LogP contribution in [0, 0.1) is 5.92 Å². The minimum Gasteiger partial charge on any atom is -0.508 e. The van der Waals surface area contributed by atoms with E-state index in [0.29, 0.717) is 5.56 Å². The number of amides is 1. The van der Waals surface area contributed by atoms with Crippen molar-refractivity contribution in [1.29, 1.82) is 0 Å². The second kappa shape index (κ2) is 8.52. The van der Waals surface area contributed by atoms with E-state index in [9.17, 15) is 9.90 Å². The van der Waals surface area contributed by atoms with Gasteiger partial charge in [0.2, 0.25) is 0 Å². The van der Waals surface area contributed by atoms with Crippen LogP contribution in [-0.4, -0.2) is 66.6 Å². The molecule has 1 atom stereocenters. The number of rotatable bonds is 3. The van der Waals surface area contributed by atoms with Crippen molar-refractivity contribution in [2.75, 3.05) is 45.8 Å². The fourth-order valence-corrected chi connectivity index (χ4v) is 3.40. The van der Waals surface area contributed by atoms with Gasteiger partial charge in [-0.1, -0.05) is 6.07 Å². The van der Waals surface area contributed by atoms with Crippen LogP contribution in [0.3, 0.4) is 0 Å². The molecule has 6 heteroatoms. The zero-order chi connectivity index (χ0) is 15.4. The van der Waals surface area contributed by atoms with Crippen LogP contribution in [-0.2, 0) is 0 Å². The molecule has 1 aromatic rings. The van der Waals surface area contributed by atoms with Crippen LogP contribution in [0.25, 0.3) is 0 Å². The van der Waals surface area contributed by atoms with Crippen LogP contribution in [0.2, 0.25) is 0 Å². The summed E-state index contributed by atoms with van der Waals surface area (Å²) >= 11 is 0. The first-order valence-corrected chi connectivity index (χ1v) is 8.24. The van der Waals surface area contributed by atoms with E-state index < -0.39 is 0 Å². The fraction of sp³-hybridized carbons (Fsp3) is 0.588. The highest BCUT2D eigenvalue weighted by Gasteiger charge is 2.24. The number of carbonyl (C=O) groups is 1. The fourth-order valence-electron chi connectivity index (χ4n) is 3.40. The van der Waals surface area contributed by atoms with Crippen molar-refractivity contribution < 1.29 is 9.90 Å². The first-order valence-electron chi connectivity index (χ1n) is 8.24. The minimum atomic E-state index is 0. The van der Waals surface area contributed by atoms with E-state index in [1.807, 2.05) is 4.90 Å². The summed E-state index contributed by atoms with van der Waals surface area (Å²) in [4.78, 5) is 16.8. The normalized spacial score (nSPS) is 22.4. The summed E-state index contributed by atoms with van der Waals surface area (Å²) < 4.78 is 0. The van der Waals surface area contributed by atoms with Gasteiger partial charge in [0.25, 0.3) is 5.91 Å². The van der Waals surface area contributed by atoms with Crippen LogP contribution < -0.4 is 5.32 Å². The lowest BCUT2D eigenvalue weighted by Crippen LogP contribution is -2.50. The number of piperazine rings is 1. The molecule has 1 aromatic carbocycles. The third kappa shape index (κ3) is 4.83. The number of piperidine rings is 1. The molecular weight excluding hydrogens is 314 g/mol. The van der Waals surface area contributed by atoms with Crippen LogP contribution in [0.1, 0.15) is 23.2 Å². The summed E-state index contributed by atoms with van der Waals surface area (Å²) in [5, 5.41) is 13.0. The molecule has 0 saturated carbocycles. The van der Waals surface area contributed by atoms with Gasteiger partial charge in [-0.15, -0.1) is 12.4 Å². The summed E-state index contributed by atoms with van der Waals surface area (Å²) in [6.07, 6.45) is 2.59. The quantitative estimate of drug-likeness (QED) is 0.877. The van der Waals surface area contributed by atoms with E-state index >= 15 is 0 Å². The number of hydrogen-bond donors (Lipinski definition) is 2. The summed E-state index contributed by atoms with van der Waals surface area (Å²) in [7, 11) is 0. The van der Waals surface area contributed by atoms with E-state index in [1.54, 1.807) is 24.3 Å². The van der Waals surface area contributed by atoms with Crippen molar-refractivity contribution in [3.05, 3.63) is 29.8 Å². The first kappa shape index (κ1) is 18.0. The lowest BCUT2D eigenvalue weighted by Gasteiger charge is -2.37. The number of hydrogen-bond acceptors (Lipinski definition) is 4. The van der Waals surface area contributed by atoms with Crippen molar-refractivity contribution in [2.45, 2.75) is 12.8 Å². The first-order chi connectivity index (χ1) is 10.7. The molecule has 0 aromatic heterocycles. The lowest BCUT2D eigenvalue weighted by molar-refractivity contribution is 0.0609. The second-order valence-electron chi connectivity index (χ2n) is 6.36. The SMILES string of the molecule is Cl.O=C(c1cccc(O)c1)N1CCN(CC2CCCNC2)CC1. The third-order valence-electron chi connectivity index (χ3n) is 4.67. The van der Waals surface area contributed by atoms with Gasteiger partial charge in [0.15, 0.2) is 0 Å². The molecule has 2 N–H and O–H groups in total. The molecule has 0 aliphatic carbocycles. The van der Waals surface area contributed by atoms with E-state index in [0.717, 1.165) is 51.7 Å². The Labute approximate surface area is 144 Å². The molecule has 0 radical (unpaired) electrons. The average molecular weight is 340 g/mol. The Kier molecular flexibility index (Phi) is 6.69. The van der Waals surface area contributed by atoms with Gasteiger partial charge < -0.3 is 15.3 Å². The Balaban J connectivity index is 0.00000192. The average Bonchev–Trinajstić information content (AvgIpc) is 2.56. The summed E-state index contributed by atoms with van der Waals surface area (Å²) in [6.45, 7) is 6.86. The molecule has 5 nitrogen and oxygen atoms in total.